The Balaban J connectivity index is 1.53. The van der Waals surface area contributed by atoms with Gasteiger partial charge in [-0.15, -0.1) is 0 Å². The molecule has 2 heterocycles. The predicted octanol–water partition coefficient (Wildman–Crippen LogP) is 5.78. The lowest BCUT2D eigenvalue weighted by molar-refractivity contribution is 0.0527. The molecule has 0 bridgehead atoms. The zero-order valence-electron chi connectivity index (χ0n) is 18.0. The molecule has 0 aliphatic carbocycles. The zero-order chi connectivity index (χ0) is 24.1. The first-order chi connectivity index (χ1) is 16.5. The maximum Gasteiger partial charge on any atom is 0.343 e. The maximum atomic E-state index is 12.9. The van der Waals surface area contributed by atoms with Crippen molar-refractivity contribution in [2.75, 3.05) is 11.9 Å². The monoisotopic (exact) mass is 499 g/mol. The number of halogens is 2. The van der Waals surface area contributed by atoms with Gasteiger partial charge in [-0.3, -0.25) is 4.79 Å². The number of hydrogen-bond acceptors (Lipinski definition) is 6. The molecule has 0 atom stereocenters. The van der Waals surface area contributed by atoms with Crippen molar-refractivity contribution < 1.29 is 23.5 Å². The van der Waals surface area contributed by atoms with Gasteiger partial charge in [0.15, 0.2) is 11.6 Å². The highest BCUT2D eigenvalue weighted by Crippen LogP contribution is 2.32. The second kappa shape index (κ2) is 10.5. The van der Waals surface area contributed by atoms with E-state index in [0.717, 1.165) is 0 Å². The van der Waals surface area contributed by atoms with Crippen LogP contribution in [0, 0.1) is 0 Å². The fraction of sp³-hybridized carbons (Fsp3) is 0.125. The van der Waals surface area contributed by atoms with E-state index >= 15 is 0 Å². The molecule has 0 aliphatic rings. The third kappa shape index (κ3) is 5.08. The number of carbonyl (C=O) groups is 2. The minimum Gasteiger partial charge on any atom is -0.484 e. The second-order valence-corrected chi connectivity index (χ2v) is 7.72. The maximum absolute atomic E-state index is 12.9. The van der Waals surface area contributed by atoms with Crippen molar-refractivity contribution in [3.8, 4) is 11.4 Å². The minimum atomic E-state index is -0.605. The van der Waals surface area contributed by atoms with Gasteiger partial charge in [-0.2, -0.15) is 5.10 Å². The number of amides is 1. The first-order valence-corrected chi connectivity index (χ1v) is 11.0. The van der Waals surface area contributed by atoms with E-state index in [1.807, 2.05) is 18.2 Å². The van der Waals surface area contributed by atoms with Crippen LogP contribution < -0.4 is 10.1 Å². The van der Waals surface area contributed by atoms with Crippen molar-refractivity contribution in [3.05, 3.63) is 94.0 Å². The molecular formula is C24H19Cl2N3O5. The Morgan fingerprint density at radius 1 is 1.06 bits per heavy atom. The van der Waals surface area contributed by atoms with Crippen LogP contribution in [0.4, 0.5) is 5.82 Å². The standard InChI is InChI=1S/C24H19Cl2N3O5/c1-2-32-24(31)17-13-27-29(15-7-4-3-5-8-15)22(17)28-23(30)20-12-11-16(34-20)14-33-19-10-6-9-18(25)21(19)26/h3-13H,2,14H2,1H3,(H,28,30). The summed E-state index contributed by atoms with van der Waals surface area (Å²) in [7, 11) is 0. The van der Waals surface area contributed by atoms with Crippen molar-refractivity contribution >= 4 is 40.9 Å². The Kier molecular flexibility index (Phi) is 7.20. The molecule has 2 aromatic carbocycles. The summed E-state index contributed by atoms with van der Waals surface area (Å²) < 4.78 is 17.8. The number of furan rings is 1. The summed E-state index contributed by atoms with van der Waals surface area (Å²) in [6.45, 7) is 1.91. The number of benzene rings is 2. The molecule has 0 fully saturated rings. The van der Waals surface area contributed by atoms with Crippen molar-refractivity contribution in [2.45, 2.75) is 13.5 Å². The van der Waals surface area contributed by atoms with Gasteiger partial charge in [0.25, 0.3) is 5.91 Å². The van der Waals surface area contributed by atoms with Gasteiger partial charge in [0.05, 0.1) is 23.5 Å². The lowest BCUT2D eigenvalue weighted by Crippen LogP contribution is -2.17. The van der Waals surface area contributed by atoms with E-state index in [1.54, 1.807) is 43.3 Å². The number of carbonyl (C=O) groups excluding carboxylic acids is 2. The van der Waals surface area contributed by atoms with Gasteiger partial charge in [-0.05, 0) is 43.3 Å². The molecule has 0 spiro atoms. The summed E-state index contributed by atoms with van der Waals surface area (Å²) in [5.74, 6) is -0.214. The van der Waals surface area contributed by atoms with Crippen molar-refractivity contribution in [2.24, 2.45) is 0 Å². The smallest absolute Gasteiger partial charge is 0.343 e. The highest BCUT2D eigenvalue weighted by molar-refractivity contribution is 6.42. The van der Waals surface area contributed by atoms with Crippen LogP contribution in [0.3, 0.4) is 0 Å². The molecule has 10 heteroatoms. The van der Waals surface area contributed by atoms with E-state index in [-0.39, 0.29) is 35.4 Å². The number of hydrogen-bond donors (Lipinski definition) is 1. The molecule has 0 saturated carbocycles. The SMILES string of the molecule is CCOC(=O)c1cnn(-c2ccccc2)c1NC(=O)c1ccc(COc2cccc(Cl)c2Cl)o1. The molecule has 4 aromatic rings. The minimum absolute atomic E-state index is 0.0198. The lowest BCUT2D eigenvalue weighted by Gasteiger charge is -2.10. The first-order valence-electron chi connectivity index (χ1n) is 10.3. The van der Waals surface area contributed by atoms with E-state index in [2.05, 4.69) is 10.4 Å². The van der Waals surface area contributed by atoms with Crippen LogP contribution in [0.5, 0.6) is 5.75 Å². The molecule has 4 rings (SSSR count). The molecule has 1 amide bonds. The number of rotatable bonds is 8. The van der Waals surface area contributed by atoms with Gasteiger partial charge >= 0.3 is 5.97 Å². The van der Waals surface area contributed by atoms with Crippen LogP contribution >= 0.6 is 23.2 Å². The van der Waals surface area contributed by atoms with Gasteiger partial charge in [0, 0.05) is 0 Å². The predicted molar refractivity (Wildman–Crippen MR) is 127 cm³/mol. The van der Waals surface area contributed by atoms with Crippen LogP contribution in [-0.2, 0) is 11.3 Å². The Morgan fingerprint density at radius 2 is 1.85 bits per heavy atom. The molecule has 174 valence electrons. The first kappa shape index (κ1) is 23.4. The zero-order valence-corrected chi connectivity index (χ0v) is 19.5. The van der Waals surface area contributed by atoms with Gasteiger partial charge in [0.1, 0.15) is 28.7 Å². The molecule has 34 heavy (non-hydrogen) atoms. The summed E-state index contributed by atoms with van der Waals surface area (Å²) in [6.07, 6.45) is 1.34. The highest BCUT2D eigenvalue weighted by Gasteiger charge is 2.23. The number of anilines is 1. The molecule has 0 saturated heterocycles. The number of nitrogens with zero attached hydrogens (tertiary/aromatic N) is 2. The normalized spacial score (nSPS) is 10.7. The van der Waals surface area contributed by atoms with Crippen LogP contribution in [-0.4, -0.2) is 28.3 Å². The number of aromatic nitrogens is 2. The fourth-order valence-corrected chi connectivity index (χ4v) is 3.43. The molecule has 2 aromatic heterocycles. The van der Waals surface area contributed by atoms with Crippen molar-refractivity contribution in [1.82, 2.24) is 9.78 Å². The third-order valence-electron chi connectivity index (χ3n) is 4.67. The van der Waals surface area contributed by atoms with Crippen LogP contribution in [0.25, 0.3) is 5.69 Å². The van der Waals surface area contributed by atoms with E-state index in [4.69, 9.17) is 37.1 Å². The number of nitrogens with one attached hydrogen (secondary N) is 1. The van der Waals surface area contributed by atoms with E-state index in [9.17, 15) is 9.59 Å². The van der Waals surface area contributed by atoms with E-state index < -0.39 is 11.9 Å². The number of para-hydroxylation sites is 1. The summed E-state index contributed by atoms with van der Waals surface area (Å²) in [5.41, 5.74) is 0.769. The fourth-order valence-electron chi connectivity index (χ4n) is 3.08. The Labute approximate surface area is 205 Å². The summed E-state index contributed by atoms with van der Waals surface area (Å²) in [4.78, 5) is 25.4. The van der Waals surface area contributed by atoms with Gasteiger partial charge in [0.2, 0.25) is 0 Å². The van der Waals surface area contributed by atoms with Crippen molar-refractivity contribution in [1.29, 1.82) is 0 Å². The van der Waals surface area contributed by atoms with E-state index in [0.29, 0.717) is 22.2 Å². The second-order valence-electron chi connectivity index (χ2n) is 6.94. The van der Waals surface area contributed by atoms with Crippen LogP contribution in [0.2, 0.25) is 10.0 Å². The molecule has 0 radical (unpaired) electrons. The largest absolute Gasteiger partial charge is 0.484 e. The van der Waals surface area contributed by atoms with E-state index in [1.165, 1.54) is 16.9 Å². The lowest BCUT2D eigenvalue weighted by atomic mass is 10.3. The van der Waals surface area contributed by atoms with Crippen molar-refractivity contribution in [3.63, 3.8) is 0 Å². The average Bonchev–Trinajstić information content (AvgIpc) is 3.48. The Morgan fingerprint density at radius 3 is 2.62 bits per heavy atom. The third-order valence-corrected chi connectivity index (χ3v) is 5.47. The quantitative estimate of drug-likeness (QED) is 0.308. The Bertz CT molecular complexity index is 1320. The molecule has 0 unspecified atom stereocenters. The Hall–Kier alpha value is -3.75. The summed E-state index contributed by atoms with van der Waals surface area (Å²) in [5, 5.41) is 7.60. The molecule has 1 N–H and O–H groups in total. The van der Waals surface area contributed by atoms with Gasteiger partial charge in [-0.25, -0.2) is 9.48 Å². The number of ether oxygens (including phenoxy) is 2. The summed E-state index contributed by atoms with van der Waals surface area (Å²) in [6, 6.07) is 17.2. The topological polar surface area (TPSA) is 95.6 Å². The number of esters is 1. The van der Waals surface area contributed by atoms with Gasteiger partial charge in [-0.1, -0.05) is 47.5 Å². The summed E-state index contributed by atoms with van der Waals surface area (Å²) >= 11 is 12.1. The van der Waals surface area contributed by atoms with Gasteiger partial charge < -0.3 is 19.2 Å². The molecule has 0 aliphatic heterocycles. The molecular weight excluding hydrogens is 481 g/mol. The highest BCUT2D eigenvalue weighted by atomic mass is 35.5. The molecule has 8 nitrogen and oxygen atoms in total. The average molecular weight is 500 g/mol. The van der Waals surface area contributed by atoms with Crippen LogP contribution in [0.15, 0.2) is 71.3 Å². The van der Waals surface area contributed by atoms with Crippen LogP contribution in [0.1, 0.15) is 33.6 Å².